The summed E-state index contributed by atoms with van der Waals surface area (Å²) in [6.45, 7) is -0.640. The molecule has 1 aromatic carbocycles. The lowest BCUT2D eigenvalue weighted by atomic mass is 9.67. The van der Waals surface area contributed by atoms with Gasteiger partial charge in [0.15, 0.2) is 4.90 Å². The number of fused-ring (bicyclic) bond motifs is 1. The molecule has 2 N–H and O–H groups in total. The molecule has 0 aliphatic heterocycles. The van der Waals surface area contributed by atoms with E-state index in [1.165, 1.54) is 19.2 Å². The number of carbonyl (C=O) groups is 1. The van der Waals surface area contributed by atoms with Gasteiger partial charge in [0.1, 0.15) is 18.3 Å². The average Bonchev–Trinajstić information content (AvgIpc) is 3.32. The van der Waals surface area contributed by atoms with E-state index in [2.05, 4.69) is 4.98 Å². The molecular formula is C23H25N5O6S2. The van der Waals surface area contributed by atoms with Crippen molar-refractivity contribution >= 4 is 44.5 Å². The summed E-state index contributed by atoms with van der Waals surface area (Å²) in [7, 11) is -3.17. The average molecular weight is 532 g/mol. The second-order valence-electron chi connectivity index (χ2n) is 8.66. The highest BCUT2D eigenvalue weighted by Crippen LogP contribution is 2.42. The van der Waals surface area contributed by atoms with Gasteiger partial charge in [0.2, 0.25) is 10.0 Å². The minimum Gasteiger partial charge on any atom is -0.460 e. The lowest BCUT2D eigenvalue weighted by molar-refractivity contribution is -0.387. The Morgan fingerprint density at radius 2 is 2.08 bits per heavy atom. The van der Waals surface area contributed by atoms with Gasteiger partial charge in [-0.2, -0.15) is 4.31 Å². The number of rotatable bonds is 8. The molecule has 1 fully saturated rings. The molecule has 1 aliphatic rings. The third kappa shape index (κ3) is 4.56. The van der Waals surface area contributed by atoms with Crippen LogP contribution in [0.5, 0.6) is 0 Å². The van der Waals surface area contributed by atoms with Crippen molar-refractivity contribution in [3.05, 3.63) is 70.7 Å². The molecule has 3 aromatic rings. The van der Waals surface area contributed by atoms with Crippen molar-refractivity contribution in [1.29, 1.82) is 0 Å². The number of likely N-dealkylation sites (N-methyl/N-ethyl adjacent to an activating group) is 1. The number of ether oxygens (including phenoxy) is 1. The molecule has 11 nitrogen and oxygen atoms in total. The number of aromatic nitrogens is 2. The number of pyridine rings is 1. The largest absolute Gasteiger partial charge is 0.460 e. The first-order valence-electron chi connectivity index (χ1n) is 11.2. The second-order valence-corrected chi connectivity index (χ2v) is 11.1. The maximum Gasteiger partial charge on any atom is 0.321 e. The standard InChI is InChI=1S/C23H25N5O6S2/c1-26(36(32,33)18-7-3-2-6-17(18)28(30)31)15-21(29)34-19-8-4-5-11-23(19,22(24)35)16-9-10-20-25-12-13-27(20)14-16/h2-3,6-7,9-10,12-14,19H,4-5,8,11,15H2,1H3,(H2,24,35). The van der Waals surface area contributed by atoms with Crippen LogP contribution in [0.15, 0.2) is 59.9 Å². The Kier molecular flexibility index (Phi) is 7.07. The molecule has 1 saturated carbocycles. The van der Waals surface area contributed by atoms with Crippen LogP contribution in [0.25, 0.3) is 5.65 Å². The number of hydrogen-bond donors (Lipinski definition) is 1. The number of hydrogen-bond acceptors (Lipinski definition) is 8. The van der Waals surface area contributed by atoms with E-state index in [1.807, 2.05) is 22.7 Å². The predicted octanol–water partition coefficient (Wildman–Crippen LogP) is 2.57. The van der Waals surface area contributed by atoms with Crippen LogP contribution in [0.1, 0.15) is 31.2 Å². The van der Waals surface area contributed by atoms with E-state index in [-0.39, 0.29) is 4.99 Å². The quantitative estimate of drug-likeness (QED) is 0.200. The minimum absolute atomic E-state index is 0.181. The van der Waals surface area contributed by atoms with Crippen molar-refractivity contribution in [2.75, 3.05) is 13.6 Å². The van der Waals surface area contributed by atoms with Crippen molar-refractivity contribution in [1.82, 2.24) is 13.7 Å². The highest BCUT2D eigenvalue weighted by molar-refractivity contribution is 7.89. The van der Waals surface area contributed by atoms with Crippen LogP contribution < -0.4 is 5.73 Å². The molecule has 36 heavy (non-hydrogen) atoms. The van der Waals surface area contributed by atoms with Gasteiger partial charge in [-0.1, -0.05) is 36.8 Å². The number of sulfonamides is 1. The SMILES string of the molecule is CN(CC(=O)OC1CCCCC1(C(N)=S)c1ccc2nccn2c1)S(=O)(=O)c1ccccc1[N+](=O)[O-]. The predicted molar refractivity (Wildman–Crippen MR) is 135 cm³/mol. The molecule has 2 atom stereocenters. The normalized spacial score (nSPS) is 20.3. The summed E-state index contributed by atoms with van der Waals surface area (Å²) in [5.74, 6) is -0.809. The molecule has 0 spiro atoms. The fraction of sp³-hybridized carbons (Fsp3) is 0.348. The van der Waals surface area contributed by atoms with Crippen molar-refractivity contribution in [2.24, 2.45) is 5.73 Å². The Morgan fingerprint density at radius 1 is 1.33 bits per heavy atom. The van der Waals surface area contributed by atoms with Crippen molar-refractivity contribution in [2.45, 2.75) is 42.1 Å². The number of nitro benzene ring substituents is 1. The summed E-state index contributed by atoms with van der Waals surface area (Å²) in [4.78, 5) is 27.4. The van der Waals surface area contributed by atoms with E-state index in [0.717, 1.165) is 40.5 Å². The van der Waals surface area contributed by atoms with Crippen LogP contribution in [0, 0.1) is 10.1 Å². The van der Waals surface area contributed by atoms with E-state index < -0.39 is 49.6 Å². The van der Waals surface area contributed by atoms with Gasteiger partial charge in [0.25, 0.3) is 5.69 Å². The van der Waals surface area contributed by atoms with Gasteiger partial charge in [0, 0.05) is 31.7 Å². The van der Waals surface area contributed by atoms with E-state index in [9.17, 15) is 23.3 Å². The number of nitrogens with zero attached hydrogens (tertiary/aromatic N) is 4. The molecule has 0 bridgehead atoms. The maximum atomic E-state index is 13.0. The Labute approximate surface area is 213 Å². The van der Waals surface area contributed by atoms with Crippen molar-refractivity contribution in [3.8, 4) is 0 Å². The summed E-state index contributed by atoms with van der Waals surface area (Å²) in [6.07, 6.45) is 7.25. The summed E-state index contributed by atoms with van der Waals surface area (Å²) < 4.78 is 34.4. The molecular weight excluding hydrogens is 506 g/mol. The monoisotopic (exact) mass is 531 g/mol. The number of carbonyl (C=O) groups excluding carboxylic acids is 1. The molecule has 2 aromatic heterocycles. The molecule has 4 rings (SSSR count). The number of para-hydroxylation sites is 1. The smallest absolute Gasteiger partial charge is 0.321 e. The number of nitrogens with two attached hydrogens (primary N) is 1. The van der Waals surface area contributed by atoms with Crippen LogP contribution in [-0.4, -0.2) is 57.7 Å². The Hall–Kier alpha value is -3.42. The number of imidazole rings is 1. The third-order valence-corrected chi connectivity index (χ3v) is 8.77. The third-order valence-electron chi connectivity index (χ3n) is 6.56. The van der Waals surface area contributed by atoms with Crippen LogP contribution in [0.2, 0.25) is 0 Å². The molecule has 190 valence electrons. The lowest BCUT2D eigenvalue weighted by Crippen LogP contribution is -2.53. The number of esters is 1. The zero-order valence-electron chi connectivity index (χ0n) is 19.4. The number of thiocarbonyl (C=S) groups is 1. The van der Waals surface area contributed by atoms with Crippen molar-refractivity contribution < 1.29 is 22.9 Å². The van der Waals surface area contributed by atoms with E-state index >= 15 is 0 Å². The second kappa shape index (κ2) is 9.91. The molecule has 2 heterocycles. The fourth-order valence-electron chi connectivity index (χ4n) is 4.70. The first-order chi connectivity index (χ1) is 17.1. The van der Waals surface area contributed by atoms with E-state index in [0.29, 0.717) is 12.8 Å². The summed E-state index contributed by atoms with van der Waals surface area (Å²) in [6, 6.07) is 8.65. The van der Waals surface area contributed by atoms with E-state index in [4.69, 9.17) is 22.7 Å². The summed E-state index contributed by atoms with van der Waals surface area (Å²) in [5.41, 5.74) is 6.26. The van der Waals surface area contributed by atoms with Gasteiger partial charge in [-0.25, -0.2) is 13.4 Å². The Balaban J connectivity index is 1.59. The summed E-state index contributed by atoms with van der Waals surface area (Å²) >= 11 is 5.48. The zero-order valence-corrected chi connectivity index (χ0v) is 21.1. The summed E-state index contributed by atoms with van der Waals surface area (Å²) in [5, 5.41) is 11.3. The Bertz CT molecular complexity index is 1440. The topological polar surface area (TPSA) is 150 Å². The number of nitro groups is 1. The van der Waals surface area contributed by atoms with Crippen LogP contribution in [0.4, 0.5) is 5.69 Å². The van der Waals surface area contributed by atoms with Gasteiger partial charge in [-0.15, -0.1) is 0 Å². The molecule has 13 heteroatoms. The first-order valence-corrected chi connectivity index (χ1v) is 13.0. The van der Waals surface area contributed by atoms with Gasteiger partial charge in [-0.3, -0.25) is 14.9 Å². The molecule has 0 radical (unpaired) electrons. The van der Waals surface area contributed by atoms with Gasteiger partial charge >= 0.3 is 5.97 Å². The van der Waals surface area contributed by atoms with E-state index in [1.54, 1.807) is 12.4 Å². The lowest BCUT2D eigenvalue weighted by Gasteiger charge is -2.43. The zero-order chi connectivity index (χ0) is 26.1. The van der Waals surface area contributed by atoms with Crippen LogP contribution in [-0.2, 0) is 25.0 Å². The first kappa shape index (κ1) is 25.7. The number of benzene rings is 1. The highest BCUT2D eigenvalue weighted by Gasteiger charge is 2.48. The molecule has 0 amide bonds. The Morgan fingerprint density at radius 3 is 2.81 bits per heavy atom. The van der Waals surface area contributed by atoms with Gasteiger partial charge in [0.05, 0.1) is 15.3 Å². The maximum absolute atomic E-state index is 13.0. The molecule has 0 saturated heterocycles. The van der Waals surface area contributed by atoms with Crippen LogP contribution in [0.3, 0.4) is 0 Å². The van der Waals surface area contributed by atoms with Gasteiger partial charge < -0.3 is 14.9 Å². The highest BCUT2D eigenvalue weighted by atomic mass is 32.2. The molecule has 2 unspecified atom stereocenters. The van der Waals surface area contributed by atoms with Gasteiger partial charge in [-0.05, 0) is 37.0 Å². The van der Waals surface area contributed by atoms with Crippen molar-refractivity contribution in [3.63, 3.8) is 0 Å². The minimum atomic E-state index is -4.34. The fourth-order valence-corrected chi connectivity index (χ4v) is 6.32. The van der Waals surface area contributed by atoms with Crippen LogP contribution >= 0.6 is 12.2 Å². The molecule has 1 aliphatic carbocycles.